The van der Waals surface area contributed by atoms with Crippen LogP contribution in [0.3, 0.4) is 0 Å². The molecule has 1 aromatic rings. The lowest BCUT2D eigenvalue weighted by Crippen LogP contribution is -2.18. The van der Waals surface area contributed by atoms with Crippen LogP contribution in [0.15, 0.2) is 6.20 Å². The predicted octanol–water partition coefficient (Wildman–Crippen LogP) is 4.76. The molecule has 1 aromatic heterocycles. The highest BCUT2D eigenvalue weighted by Crippen LogP contribution is 2.14. The molecule has 1 atom stereocenters. The second kappa shape index (κ2) is 9.00. The fourth-order valence-corrected chi connectivity index (χ4v) is 2.33. The largest absolute Gasteiger partial charge is 0.353 e. The summed E-state index contributed by atoms with van der Waals surface area (Å²) in [6, 6.07) is 0.513. The van der Waals surface area contributed by atoms with Gasteiger partial charge in [0, 0.05) is 18.8 Å². The van der Waals surface area contributed by atoms with Gasteiger partial charge in [-0.1, -0.05) is 46.0 Å². The summed E-state index contributed by atoms with van der Waals surface area (Å²) in [4.78, 5) is 4.60. The molecule has 0 aliphatic carbocycles. The summed E-state index contributed by atoms with van der Waals surface area (Å²) in [5, 5.41) is 3.57. The zero-order valence-electron chi connectivity index (χ0n) is 13.2. The molecule has 110 valence electrons. The molecule has 0 aromatic carbocycles. The molecule has 1 heterocycles. The SMILES string of the molecule is CCCCCCC(C)Nc1nc(C)cn1CCCC. The van der Waals surface area contributed by atoms with Crippen LogP contribution in [0, 0.1) is 6.92 Å². The third-order valence-electron chi connectivity index (χ3n) is 3.52. The first-order chi connectivity index (χ1) is 9.17. The van der Waals surface area contributed by atoms with Crippen molar-refractivity contribution in [2.45, 2.75) is 85.2 Å². The molecule has 19 heavy (non-hydrogen) atoms. The number of unbranched alkanes of at least 4 members (excludes halogenated alkanes) is 4. The monoisotopic (exact) mass is 265 g/mol. The first kappa shape index (κ1) is 16.1. The maximum Gasteiger partial charge on any atom is 0.203 e. The fourth-order valence-electron chi connectivity index (χ4n) is 2.33. The lowest BCUT2D eigenvalue weighted by atomic mass is 10.1. The minimum absolute atomic E-state index is 0.513. The minimum Gasteiger partial charge on any atom is -0.353 e. The molecule has 0 fully saturated rings. The van der Waals surface area contributed by atoms with E-state index in [2.05, 4.69) is 48.8 Å². The number of rotatable bonds is 10. The number of anilines is 1. The van der Waals surface area contributed by atoms with Gasteiger partial charge in [0.1, 0.15) is 0 Å². The Morgan fingerprint density at radius 1 is 1.16 bits per heavy atom. The van der Waals surface area contributed by atoms with Gasteiger partial charge in [-0.05, 0) is 26.7 Å². The molecule has 0 aliphatic rings. The van der Waals surface area contributed by atoms with E-state index in [1.807, 2.05) is 0 Å². The number of imidazole rings is 1. The molecule has 3 nitrogen and oxygen atoms in total. The van der Waals surface area contributed by atoms with Crippen molar-refractivity contribution < 1.29 is 0 Å². The van der Waals surface area contributed by atoms with Gasteiger partial charge in [-0.25, -0.2) is 4.98 Å². The molecule has 0 saturated carbocycles. The van der Waals surface area contributed by atoms with Gasteiger partial charge in [-0.3, -0.25) is 0 Å². The molecule has 1 rings (SSSR count). The van der Waals surface area contributed by atoms with Crippen LogP contribution in [-0.4, -0.2) is 15.6 Å². The molecule has 0 bridgehead atoms. The van der Waals surface area contributed by atoms with Gasteiger partial charge >= 0.3 is 0 Å². The van der Waals surface area contributed by atoms with Gasteiger partial charge in [0.05, 0.1) is 5.69 Å². The van der Waals surface area contributed by atoms with Crippen LogP contribution in [-0.2, 0) is 6.54 Å². The Labute approximate surface area is 118 Å². The third-order valence-corrected chi connectivity index (χ3v) is 3.52. The average molecular weight is 265 g/mol. The lowest BCUT2D eigenvalue weighted by molar-refractivity contribution is 0.582. The van der Waals surface area contributed by atoms with E-state index in [0.717, 1.165) is 18.2 Å². The van der Waals surface area contributed by atoms with Gasteiger partial charge in [-0.2, -0.15) is 0 Å². The highest BCUT2D eigenvalue weighted by Gasteiger charge is 2.08. The van der Waals surface area contributed by atoms with Gasteiger partial charge in [0.25, 0.3) is 0 Å². The summed E-state index contributed by atoms with van der Waals surface area (Å²) in [7, 11) is 0. The van der Waals surface area contributed by atoms with Gasteiger partial charge < -0.3 is 9.88 Å². The van der Waals surface area contributed by atoms with Crippen LogP contribution in [0.5, 0.6) is 0 Å². The van der Waals surface area contributed by atoms with E-state index in [-0.39, 0.29) is 0 Å². The molecule has 0 aliphatic heterocycles. The van der Waals surface area contributed by atoms with Crippen molar-refractivity contribution in [1.29, 1.82) is 0 Å². The van der Waals surface area contributed by atoms with E-state index in [0.29, 0.717) is 6.04 Å². The first-order valence-electron chi connectivity index (χ1n) is 7.97. The number of aromatic nitrogens is 2. The van der Waals surface area contributed by atoms with E-state index < -0.39 is 0 Å². The number of hydrogen-bond donors (Lipinski definition) is 1. The van der Waals surface area contributed by atoms with Crippen LogP contribution in [0.4, 0.5) is 5.95 Å². The second-order valence-corrected chi connectivity index (χ2v) is 5.65. The van der Waals surface area contributed by atoms with E-state index in [1.54, 1.807) is 0 Å². The van der Waals surface area contributed by atoms with Crippen molar-refractivity contribution in [2.75, 3.05) is 5.32 Å². The van der Waals surface area contributed by atoms with Crippen LogP contribution < -0.4 is 5.32 Å². The number of aryl methyl sites for hydroxylation is 2. The zero-order valence-corrected chi connectivity index (χ0v) is 13.2. The van der Waals surface area contributed by atoms with Crippen LogP contribution in [0.1, 0.15) is 71.4 Å². The van der Waals surface area contributed by atoms with Crippen molar-refractivity contribution in [2.24, 2.45) is 0 Å². The Kier molecular flexibility index (Phi) is 7.61. The predicted molar refractivity (Wildman–Crippen MR) is 83.7 cm³/mol. The molecule has 0 saturated heterocycles. The number of nitrogens with one attached hydrogen (secondary N) is 1. The summed E-state index contributed by atoms with van der Waals surface area (Å²) in [6.07, 6.45) is 11.2. The minimum atomic E-state index is 0.513. The Morgan fingerprint density at radius 2 is 1.89 bits per heavy atom. The van der Waals surface area contributed by atoms with Crippen molar-refractivity contribution in [3.8, 4) is 0 Å². The third kappa shape index (κ3) is 6.13. The Balaban J connectivity index is 2.41. The highest BCUT2D eigenvalue weighted by molar-refractivity contribution is 5.29. The molecule has 0 amide bonds. The van der Waals surface area contributed by atoms with Crippen LogP contribution in [0.25, 0.3) is 0 Å². The van der Waals surface area contributed by atoms with E-state index in [9.17, 15) is 0 Å². The fraction of sp³-hybridized carbons (Fsp3) is 0.812. The highest BCUT2D eigenvalue weighted by atomic mass is 15.2. The molecule has 1 unspecified atom stereocenters. The van der Waals surface area contributed by atoms with Crippen molar-refractivity contribution >= 4 is 5.95 Å². The van der Waals surface area contributed by atoms with Crippen LogP contribution >= 0.6 is 0 Å². The zero-order chi connectivity index (χ0) is 14.1. The normalized spacial score (nSPS) is 12.6. The van der Waals surface area contributed by atoms with Gasteiger partial charge in [-0.15, -0.1) is 0 Å². The van der Waals surface area contributed by atoms with E-state index in [4.69, 9.17) is 0 Å². The molecule has 0 radical (unpaired) electrons. The number of nitrogens with zero attached hydrogens (tertiary/aromatic N) is 2. The molecular formula is C16H31N3. The maximum atomic E-state index is 4.60. The van der Waals surface area contributed by atoms with Crippen molar-refractivity contribution in [3.63, 3.8) is 0 Å². The molecule has 1 N–H and O–H groups in total. The summed E-state index contributed by atoms with van der Waals surface area (Å²) < 4.78 is 2.27. The molecule has 0 spiro atoms. The van der Waals surface area contributed by atoms with Crippen molar-refractivity contribution in [3.05, 3.63) is 11.9 Å². The smallest absolute Gasteiger partial charge is 0.203 e. The number of hydrogen-bond acceptors (Lipinski definition) is 2. The quantitative estimate of drug-likeness (QED) is 0.618. The first-order valence-corrected chi connectivity index (χ1v) is 7.97. The van der Waals surface area contributed by atoms with Gasteiger partial charge in [0.15, 0.2) is 0 Å². The molecular weight excluding hydrogens is 234 g/mol. The second-order valence-electron chi connectivity index (χ2n) is 5.65. The van der Waals surface area contributed by atoms with E-state index in [1.165, 1.54) is 44.9 Å². The maximum absolute atomic E-state index is 4.60. The summed E-state index contributed by atoms with van der Waals surface area (Å²) in [5.74, 6) is 1.05. The van der Waals surface area contributed by atoms with Crippen LogP contribution in [0.2, 0.25) is 0 Å². The Morgan fingerprint density at radius 3 is 2.58 bits per heavy atom. The van der Waals surface area contributed by atoms with E-state index >= 15 is 0 Å². The average Bonchev–Trinajstić information content (AvgIpc) is 2.72. The summed E-state index contributed by atoms with van der Waals surface area (Å²) >= 11 is 0. The summed E-state index contributed by atoms with van der Waals surface area (Å²) in [6.45, 7) is 9.89. The lowest BCUT2D eigenvalue weighted by Gasteiger charge is -2.15. The summed E-state index contributed by atoms with van der Waals surface area (Å²) in [5.41, 5.74) is 1.11. The molecule has 3 heteroatoms. The standard InChI is InChI=1S/C16H31N3/c1-5-7-9-10-11-14(3)17-16-18-15(4)13-19(16)12-8-6-2/h13-14H,5-12H2,1-4H3,(H,17,18). The van der Waals surface area contributed by atoms with Gasteiger partial charge in [0.2, 0.25) is 5.95 Å². The Hall–Kier alpha value is -0.990. The van der Waals surface area contributed by atoms with Crippen molar-refractivity contribution in [1.82, 2.24) is 9.55 Å². The Bertz CT molecular complexity index is 344. The topological polar surface area (TPSA) is 29.9 Å².